The van der Waals surface area contributed by atoms with Gasteiger partial charge in [0, 0.05) is 46.3 Å². The van der Waals surface area contributed by atoms with Crippen molar-refractivity contribution in [1.29, 1.82) is 0 Å². The van der Waals surface area contributed by atoms with E-state index in [1.165, 1.54) is 0 Å². The van der Waals surface area contributed by atoms with Gasteiger partial charge in [0.1, 0.15) is 5.76 Å². The maximum absolute atomic E-state index is 5.32. The summed E-state index contributed by atoms with van der Waals surface area (Å²) in [4.78, 5) is 6.85. The van der Waals surface area contributed by atoms with Gasteiger partial charge in [0.25, 0.3) is 0 Å². The van der Waals surface area contributed by atoms with Gasteiger partial charge in [-0.25, -0.2) is 0 Å². The number of likely N-dealkylation sites (N-methyl/N-ethyl adjacent to an activating group) is 1. The number of methoxy groups -OCH3 is 1. The zero-order chi connectivity index (χ0) is 16.8. The molecule has 0 aromatic carbocycles. The van der Waals surface area contributed by atoms with E-state index in [0.29, 0.717) is 6.54 Å². The quantitative estimate of drug-likeness (QED) is 0.264. The Labute approximate surface area is 139 Å². The van der Waals surface area contributed by atoms with Crippen LogP contribution in [0.3, 0.4) is 0 Å². The normalized spacial score (nSPS) is 11.7. The molecule has 0 bridgehead atoms. The maximum Gasteiger partial charge on any atom is 0.191 e. The summed E-state index contributed by atoms with van der Waals surface area (Å²) in [5.41, 5.74) is 0. The number of guanidine groups is 1. The number of hydrogen-bond donors (Lipinski definition) is 2. The molecule has 1 heterocycles. The van der Waals surface area contributed by atoms with Crippen LogP contribution >= 0.6 is 0 Å². The van der Waals surface area contributed by atoms with Gasteiger partial charge in [0.2, 0.25) is 0 Å². The summed E-state index contributed by atoms with van der Waals surface area (Å²) in [6.45, 7) is 8.68. The van der Waals surface area contributed by atoms with E-state index in [4.69, 9.17) is 9.15 Å². The highest BCUT2D eigenvalue weighted by Gasteiger charge is 2.01. The van der Waals surface area contributed by atoms with E-state index < -0.39 is 0 Å². The zero-order valence-corrected chi connectivity index (χ0v) is 14.4. The lowest BCUT2D eigenvalue weighted by Crippen LogP contribution is -2.39. The molecular weight excluding hydrogens is 292 g/mol. The molecule has 1 aromatic heterocycles. The second-order valence-corrected chi connectivity index (χ2v) is 5.31. The van der Waals surface area contributed by atoms with Gasteiger partial charge in [0.05, 0.1) is 12.8 Å². The molecule has 6 heteroatoms. The summed E-state index contributed by atoms with van der Waals surface area (Å²) in [7, 11) is 3.84. The van der Waals surface area contributed by atoms with E-state index in [1.807, 2.05) is 18.2 Å². The standard InChI is InChI=1S/C17H30N4O2/c1-4-9-18-17(19-10-8-16-7-5-15-23-16)20-11-13-21(2)12-6-14-22-3/h4-5,7,15H,1,6,8-14H2,2-3H3,(H2,18,19,20). The number of hydrogen-bond acceptors (Lipinski definition) is 4. The number of aliphatic imine (C=N–C) groups is 1. The molecule has 0 atom stereocenters. The second-order valence-electron chi connectivity index (χ2n) is 5.31. The molecule has 0 fully saturated rings. The van der Waals surface area contributed by atoms with Crippen LogP contribution in [-0.4, -0.2) is 64.3 Å². The zero-order valence-electron chi connectivity index (χ0n) is 14.4. The minimum atomic E-state index is 0.691. The van der Waals surface area contributed by atoms with Gasteiger partial charge >= 0.3 is 0 Å². The molecule has 2 N–H and O–H groups in total. The molecule has 0 aliphatic rings. The second kappa shape index (κ2) is 12.7. The number of nitrogens with one attached hydrogen (secondary N) is 2. The summed E-state index contributed by atoms with van der Waals surface area (Å²) in [6.07, 6.45) is 5.39. The Morgan fingerprint density at radius 3 is 3.00 bits per heavy atom. The largest absolute Gasteiger partial charge is 0.469 e. The van der Waals surface area contributed by atoms with Crippen molar-refractivity contribution in [3.8, 4) is 0 Å². The van der Waals surface area contributed by atoms with Crippen LogP contribution in [0.4, 0.5) is 0 Å². The van der Waals surface area contributed by atoms with Crippen LogP contribution in [-0.2, 0) is 11.2 Å². The van der Waals surface area contributed by atoms with Gasteiger partial charge in [0.15, 0.2) is 5.96 Å². The van der Waals surface area contributed by atoms with Gasteiger partial charge in [-0.05, 0) is 25.6 Å². The first-order chi connectivity index (χ1) is 11.3. The fraction of sp³-hybridized carbons (Fsp3) is 0.588. The Morgan fingerprint density at radius 1 is 1.43 bits per heavy atom. The summed E-state index contributed by atoms with van der Waals surface area (Å²) < 4.78 is 10.4. The first-order valence-electron chi connectivity index (χ1n) is 8.09. The monoisotopic (exact) mass is 322 g/mol. The lowest BCUT2D eigenvalue weighted by atomic mass is 10.3. The van der Waals surface area contributed by atoms with Crippen molar-refractivity contribution in [2.24, 2.45) is 4.99 Å². The van der Waals surface area contributed by atoms with Crippen molar-refractivity contribution in [2.45, 2.75) is 12.8 Å². The Morgan fingerprint density at radius 2 is 2.30 bits per heavy atom. The van der Waals surface area contributed by atoms with Gasteiger partial charge in [-0.15, -0.1) is 6.58 Å². The van der Waals surface area contributed by atoms with Crippen molar-refractivity contribution in [2.75, 3.05) is 53.5 Å². The Balaban J connectivity index is 2.28. The third kappa shape index (κ3) is 9.76. The fourth-order valence-electron chi connectivity index (χ4n) is 2.03. The predicted molar refractivity (Wildman–Crippen MR) is 94.9 cm³/mol. The van der Waals surface area contributed by atoms with Crippen molar-refractivity contribution in [3.63, 3.8) is 0 Å². The third-order valence-electron chi connectivity index (χ3n) is 3.30. The Bertz CT molecular complexity index is 432. The van der Waals surface area contributed by atoms with Crippen LogP contribution < -0.4 is 10.6 Å². The van der Waals surface area contributed by atoms with Crippen molar-refractivity contribution in [1.82, 2.24) is 15.5 Å². The van der Waals surface area contributed by atoms with Crippen molar-refractivity contribution < 1.29 is 9.15 Å². The first-order valence-corrected chi connectivity index (χ1v) is 8.09. The van der Waals surface area contributed by atoms with Crippen molar-refractivity contribution >= 4 is 5.96 Å². The number of furan rings is 1. The lowest BCUT2D eigenvalue weighted by molar-refractivity contribution is 0.180. The van der Waals surface area contributed by atoms with Crippen LogP contribution in [0.15, 0.2) is 40.5 Å². The van der Waals surface area contributed by atoms with Crippen LogP contribution in [0.5, 0.6) is 0 Å². The van der Waals surface area contributed by atoms with E-state index in [2.05, 4.69) is 34.2 Å². The topological polar surface area (TPSA) is 62.0 Å². The predicted octanol–water partition coefficient (Wildman–Crippen LogP) is 1.51. The Kier molecular flexibility index (Phi) is 10.7. The smallest absolute Gasteiger partial charge is 0.191 e. The van der Waals surface area contributed by atoms with E-state index in [9.17, 15) is 0 Å². The molecule has 0 spiro atoms. The van der Waals surface area contributed by atoms with Crippen LogP contribution in [0, 0.1) is 0 Å². The molecule has 0 amide bonds. The molecular formula is C17H30N4O2. The Hall–Kier alpha value is -1.79. The highest BCUT2D eigenvalue weighted by atomic mass is 16.5. The molecule has 23 heavy (non-hydrogen) atoms. The highest BCUT2D eigenvalue weighted by molar-refractivity contribution is 5.79. The maximum atomic E-state index is 5.32. The summed E-state index contributed by atoms with van der Waals surface area (Å²) in [5, 5.41) is 6.54. The van der Waals surface area contributed by atoms with E-state index in [0.717, 1.165) is 57.3 Å². The number of nitrogens with zero attached hydrogens (tertiary/aromatic N) is 2. The minimum Gasteiger partial charge on any atom is -0.469 e. The molecule has 0 aliphatic heterocycles. The van der Waals surface area contributed by atoms with Crippen LogP contribution in [0.1, 0.15) is 12.2 Å². The minimum absolute atomic E-state index is 0.691. The summed E-state index contributed by atoms with van der Waals surface area (Å²) >= 11 is 0. The van der Waals surface area contributed by atoms with Crippen molar-refractivity contribution in [3.05, 3.63) is 36.8 Å². The van der Waals surface area contributed by atoms with E-state index in [1.54, 1.807) is 13.4 Å². The molecule has 0 saturated heterocycles. The SMILES string of the molecule is C=CCNC(=NCCN(C)CCCOC)NCCc1ccco1. The molecule has 0 saturated carbocycles. The lowest BCUT2D eigenvalue weighted by Gasteiger charge is -2.16. The number of rotatable bonds is 12. The molecule has 0 aliphatic carbocycles. The van der Waals surface area contributed by atoms with E-state index >= 15 is 0 Å². The average Bonchev–Trinajstić information content (AvgIpc) is 3.05. The molecule has 0 unspecified atom stereocenters. The number of ether oxygens (including phenoxy) is 1. The molecule has 0 radical (unpaired) electrons. The van der Waals surface area contributed by atoms with Gasteiger partial charge in [-0.3, -0.25) is 4.99 Å². The summed E-state index contributed by atoms with van der Waals surface area (Å²) in [6, 6.07) is 3.88. The van der Waals surface area contributed by atoms with Gasteiger partial charge in [-0.2, -0.15) is 0 Å². The van der Waals surface area contributed by atoms with Gasteiger partial charge in [-0.1, -0.05) is 6.08 Å². The molecule has 1 aromatic rings. The average molecular weight is 322 g/mol. The molecule has 6 nitrogen and oxygen atoms in total. The molecule has 1 rings (SSSR count). The van der Waals surface area contributed by atoms with Crippen LogP contribution in [0.25, 0.3) is 0 Å². The third-order valence-corrected chi connectivity index (χ3v) is 3.30. The first kappa shape index (κ1) is 19.3. The molecule has 130 valence electrons. The highest BCUT2D eigenvalue weighted by Crippen LogP contribution is 1.99. The van der Waals surface area contributed by atoms with Crippen LogP contribution in [0.2, 0.25) is 0 Å². The van der Waals surface area contributed by atoms with E-state index in [-0.39, 0.29) is 0 Å². The van der Waals surface area contributed by atoms with Gasteiger partial charge < -0.3 is 24.7 Å². The fourth-order valence-corrected chi connectivity index (χ4v) is 2.03. The summed E-state index contributed by atoms with van der Waals surface area (Å²) in [5.74, 6) is 1.78.